The first-order valence-corrected chi connectivity index (χ1v) is 8.65. The van der Waals surface area contributed by atoms with Crippen LogP contribution in [0.4, 0.5) is 0 Å². The SMILES string of the molecule is COc1cc2ccc(C(=O)CNCCc3ccccc3)cc2cc1OC.Cl. The standard InChI is InChI=1S/C22H23NO3.ClH/c1-25-21-13-17-8-9-18(12-19(17)14-22(21)26-2)20(24)15-23-11-10-16-6-4-3-5-7-16;/h3-9,12-14,23H,10-11,15H2,1-2H3;1H. The summed E-state index contributed by atoms with van der Waals surface area (Å²) in [6, 6.07) is 19.8. The van der Waals surface area contributed by atoms with Gasteiger partial charge in [-0.1, -0.05) is 42.5 Å². The maximum atomic E-state index is 12.5. The number of hydrogen-bond donors (Lipinski definition) is 1. The van der Waals surface area contributed by atoms with Gasteiger partial charge in [-0.2, -0.15) is 0 Å². The van der Waals surface area contributed by atoms with Gasteiger partial charge in [0.15, 0.2) is 17.3 Å². The maximum Gasteiger partial charge on any atom is 0.176 e. The van der Waals surface area contributed by atoms with Crippen molar-refractivity contribution in [1.82, 2.24) is 5.32 Å². The molecule has 0 unspecified atom stereocenters. The van der Waals surface area contributed by atoms with Crippen LogP contribution in [0.15, 0.2) is 60.7 Å². The molecule has 5 heteroatoms. The first-order chi connectivity index (χ1) is 12.7. The van der Waals surface area contributed by atoms with E-state index >= 15 is 0 Å². The van der Waals surface area contributed by atoms with E-state index in [-0.39, 0.29) is 18.2 Å². The van der Waals surface area contributed by atoms with Crippen LogP contribution < -0.4 is 14.8 Å². The van der Waals surface area contributed by atoms with E-state index in [0.29, 0.717) is 23.6 Å². The Morgan fingerprint density at radius 1 is 0.889 bits per heavy atom. The molecule has 0 saturated carbocycles. The van der Waals surface area contributed by atoms with E-state index in [2.05, 4.69) is 17.4 Å². The van der Waals surface area contributed by atoms with Crippen LogP contribution in [0, 0.1) is 0 Å². The second-order valence-corrected chi connectivity index (χ2v) is 6.10. The lowest BCUT2D eigenvalue weighted by Gasteiger charge is -2.10. The molecule has 3 aromatic carbocycles. The molecular weight excluding hydrogens is 362 g/mol. The fraction of sp³-hybridized carbons (Fsp3) is 0.227. The predicted octanol–water partition coefficient (Wildman–Crippen LogP) is 4.29. The zero-order chi connectivity index (χ0) is 18.4. The lowest BCUT2D eigenvalue weighted by Crippen LogP contribution is -2.25. The number of carbonyl (C=O) groups excluding carboxylic acids is 1. The summed E-state index contributed by atoms with van der Waals surface area (Å²) in [6.07, 6.45) is 0.906. The monoisotopic (exact) mass is 385 g/mol. The minimum atomic E-state index is 0. The fourth-order valence-electron chi connectivity index (χ4n) is 2.93. The number of hydrogen-bond acceptors (Lipinski definition) is 4. The molecular formula is C22H24ClNO3. The Kier molecular flexibility index (Phi) is 7.65. The van der Waals surface area contributed by atoms with E-state index in [0.717, 1.165) is 23.7 Å². The molecule has 0 spiro atoms. The third kappa shape index (κ3) is 5.22. The molecule has 0 aliphatic carbocycles. The van der Waals surface area contributed by atoms with Crippen molar-refractivity contribution in [3.8, 4) is 11.5 Å². The predicted molar refractivity (Wildman–Crippen MR) is 112 cm³/mol. The maximum absolute atomic E-state index is 12.5. The van der Waals surface area contributed by atoms with Crippen molar-refractivity contribution < 1.29 is 14.3 Å². The van der Waals surface area contributed by atoms with Crippen molar-refractivity contribution in [2.24, 2.45) is 0 Å². The molecule has 1 N–H and O–H groups in total. The molecule has 0 aliphatic heterocycles. The topological polar surface area (TPSA) is 47.6 Å². The van der Waals surface area contributed by atoms with Gasteiger partial charge in [0.2, 0.25) is 0 Å². The van der Waals surface area contributed by atoms with Gasteiger partial charge in [0.1, 0.15) is 0 Å². The van der Waals surface area contributed by atoms with Crippen LogP contribution in [0.2, 0.25) is 0 Å². The molecule has 3 rings (SSSR count). The quantitative estimate of drug-likeness (QED) is 0.464. The van der Waals surface area contributed by atoms with Crippen LogP contribution in [0.25, 0.3) is 10.8 Å². The lowest BCUT2D eigenvalue weighted by molar-refractivity contribution is 0.0991. The Bertz CT molecular complexity index is 897. The van der Waals surface area contributed by atoms with E-state index in [9.17, 15) is 4.79 Å². The highest BCUT2D eigenvalue weighted by atomic mass is 35.5. The van der Waals surface area contributed by atoms with Crippen LogP contribution in [-0.2, 0) is 6.42 Å². The smallest absolute Gasteiger partial charge is 0.176 e. The largest absolute Gasteiger partial charge is 0.493 e. The normalized spacial score (nSPS) is 10.3. The van der Waals surface area contributed by atoms with Gasteiger partial charge in [0.05, 0.1) is 20.8 Å². The number of carbonyl (C=O) groups is 1. The van der Waals surface area contributed by atoms with Gasteiger partial charge >= 0.3 is 0 Å². The summed E-state index contributed by atoms with van der Waals surface area (Å²) in [5, 5.41) is 5.19. The molecule has 0 radical (unpaired) electrons. The fourth-order valence-corrected chi connectivity index (χ4v) is 2.93. The molecule has 4 nitrogen and oxygen atoms in total. The number of nitrogens with one attached hydrogen (secondary N) is 1. The third-order valence-electron chi connectivity index (χ3n) is 4.38. The molecule has 0 bridgehead atoms. The Balaban J connectivity index is 0.00000261. The Morgan fingerprint density at radius 3 is 2.22 bits per heavy atom. The second kappa shape index (κ2) is 9.95. The summed E-state index contributed by atoms with van der Waals surface area (Å²) in [4.78, 5) is 12.5. The van der Waals surface area contributed by atoms with Gasteiger partial charge in [-0.05, 0) is 47.5 Å². The summed E-state index contributed by atoms with van der Waals surface area (Å²) >= 11 is 0. The van der Waals surface area contributed by atoms with Crippen molar-refractivity contribution >= 4 is 29.0 Å². The Hall–Kier alpha value is -2.56. The van der Waals surface area contributed by atoms with Crippen LogP contribution in [0.1, 0.15) is 15.9 Å². The molecule has 0 aliphatic rings. The number of halogens is 1. The number of rotatable bonds is 8. The number of methoxy groups -OCH3 is 2. The summed E-state index contributed by atoms with van der Waals surface area (Å²) in [5.74, 6) is 1.42. The number of ketones is 1. The molecule has 0 heterocycles. The summed E-state index contributed by atoms with van der Waals surface area (Å²) in [7, 11) is 3.22. The third-order valence-corrected chi connectivity index (χ3v) is 4.38. The molecule has 0 saturated heterocycles. The number of fused-ring (bicyclic) bond motifs is 1. The van der Waals surface area contributed by atoms with Gasteiger partial charge in [0, 0.05) is 5.56 Å². The van der Waals surface area contributed by atoms with Crippen molar-refractivity contribution in [3.63, 3.8) is 0 Å². The van der Waals surface area contributed by atoms with Gasteiger partial charge < -0.3 is 14.8 Å². The zero-order valence-electron chi connectivity index (χ0n) is 15.5. The van der Waals surface area contributed by atoms with Gasteiger partial charge in [0.25, 0.3) is 0 Å². The summed E-state index contributed by atoms with van der Waals surface area (Å²) in [6.45, 7) is 1.10. The van der Waals surface area contributed by atoms with E-state index in [1.165, 1.54) is 5.56 Å². The van der Waals surface area contributed by atoms with E-state index in [1.807, 2.05) is 48.5 Å². The molecule has 0 atom stereocenters. The average molecular weight is 386 g/mol. The van der Waals surface area contributed by atoms with E-state index in [1.54, 1.807) is 14.2 Å². The van der Waals surface area contributed by atoms with Crippen molar-refractivity contribution in [1.29, 1.82) is 0 Å². The van der Waals surface area contributed by atoms with Crippen molar-refractivity contribution in [3.05, 3.63) is 71.8 Å². The average Bonchev–Trinajstić information content (AvgIpc) is 2.70. The minimum absolute atomic E-state index is 0. The van der Waals surface area contributed by atoms with E-state index in [4.69, 9.17) is 9.47 Å². The molecule has 0 fully saturated rings. The van der Waals surface area contributed by atoms with Crippen LogP contribution in [0.3, 0.4) is 0 Å². The number of Topliss-reactive ketones (excluding diaryl/α,β-unsaturated/α-hetero) is 1. The first kappa shape index (κ1) is 20.7. The number of ether oxygens (including phenoxy) is 2. The van der Waals surface area contributed by atoms with Gasteiger partial charge in [-0.3, -0.25) is 4.79 Å². The first-order valence-electron chi connectivity index (χ1n) is 8.65. The minimum Gasteiger partial charge on any atom is -0.493 e. The van der Waals surface area contributed by atoms with Crippen molar-refractivity contribution in [2.45, 2.75) is 6.42 Å². The van der Waals surface area contributed by atoms with Crippen molar-refractivity contribution in [2.75, 3.05) is 27.3 Å². The van der Waals surface area contributed by atoms with Crippen LogP contribution >= 0.6 is 12.4 Å². The Labute approximate surface area is 165 Å². The van der Waals surface area contributed by atoms with Gasteiger partial charge in [-0.25, -0.2) is 0 Å². The molecule has 0 amide bonds. The van der Waals surface area contributed by atoms with E-state index < -0.39 is 0 Å². The Morgan fingerprint density at radius 2 is 1.56 bits per heavy atom. The molecule has 142 valence electrons. The van der Waals surface area contributed by atoms with Crippen LogP contribution in [-0.4, -0.2) is 33.1 Å². The highest BCUT2D eigenvalue weighted by Gasteiger charge is 2.10. The second-order valence-electron chi connectivity index (χ2n) is 6.10. The molecule has 27 heavy (non-hydrogen) atoms. The summed E-state index contributed by atoms with van der Waals surface area (Å²) < 4.78 is 10.7. The molecule has 3 aromatic rings. The van der Waals surface area contributed by atoms with Gasteiger partial charge in [-0.15, -0.1) is 12.4 Å². The zero-order valence-corrected chi connectivity index (χ0v) is 16.3. The highest BCUT2D eigenvalue weighted by Crippen LogP contribution is 2.32. The number of benzene rings is 3. The van der Waals surface area contributed by atoms with Crippen LogP contribution in [0.5, 0.6) is 11.5 Å². The highest BCUT2D eigenvalue weighted by molar-refractivity contribution is 6.01. The summed E-state index contributed by atoms with van der Waals surface area (Å²) in [5.41, 5.74) is 1.95. The lowest BCUT2D eigenvalue weighted by atomic mass is 10.0. The molecule has 0 aromatic heterocycles.